The smallest absolute Gasteiger partial charge is 0.411 e. The molecule has 1 aromatic rings. The average Bonchev–Trinajstić information content (AvgIpc) is 2.72. The highest BCUT2D eigenvalue weighted by Gasteiger charge is 2.11. The second-order valence-electron chi connectivity index (χ2n) is 6.96. The van der Waals surface area contributed by atoms with E-state index in [2.05, 4.69) is 22.5 Å². The summed E-state index contributed by atoms with van der Waals surface area (Å²) in [4.78, 5) is 26.3. The zero-order chi connectivity index (χ0) is 20.0. The van der Waals surface area contributed by atoms with E-state index in [1.54, 1.807) is 24.3 Å². The Bertz CT molecular complexity index is 586. The van der Waals surface area contributed by atoms with E-state index in [1.165, 1.54) is 19.3 Å². The number of hydrogen-bond acceptors (Lipinski definition) is 5. The Labute approximate surface area is 167 Å². The van der Waals surface area contributed by atoms with Gasteiger partial charge in [0.15, 0.2) is 0 Å². The number of anilines is 1. The van der Waals surface area contributed by atoms with Gasteiger partial charge in [-0.25, -0.2) is 4.79 Å². The van der Waals surface area contributed by atoms with Gasteiger partial charge in [-0.2, -0.15) is 0 Å². The van der Waals surface area contributed by atoms with Crippen molar-refractivity contribution in [2.75, 3.05) is 51.3 Å². The van der Waals surface area contributed by atoms with Crippen molar-refractivity contribution in [2.45, 2.75) is 39.0 Å². The summed E-state index contributed by atoms with van der Waals surface area (Å²) in [7, 11) is 0. The number of rotatable bonds is 11. The molecule has 1 aliphatic heterocycles. The Hall–Kier alpha value is -2.12. The Morgan fingerprint density at radius 2 is 1.79 bits per heavy atom. The molecule has 2 amide bonds. The largest absolute Gasteiger partial charge is 0.449 e. The summed E-state index contributed by atoms with van der Waals surface area (Å²) in [6.45, 7) is 7.34. The molecule has 0 spiro atoms. The first kappa shape index (κ1) is 22.2. The summed E-state index contributed by atoms with van der Waals surface area (Å²) in [6.07, 6.45) is 5.10. The first-order valence-corrected chi connectivity index (χ1v) is 10.3. The molecular weight excluding hydrogens is 358 g/mol. The maximum Gasteiger partial charge on any atom is 0.411 e. The Balaban J connectivity index is 1.63. The molecule has 0 bridgehead atoms. The van der Waals surface area contributed by atoms with Crippen molar-refractivity contribution in [3.8, 4) is 0 Å². The van der Waals surface area contributed by atoms with Crippen LogP contribution in [0.2, 0.25) is 0 Å². The second kappa shape index (κ2) is 13.1. The van der Waals surface area contributed by atoms with Gasteiger partial charge in [0.05, 0.1) is 19.8 Å². The molecule has 0 saturated carbocycles. The van der Waals surface area contributed by atoms with Gasteiger partial charge >= 0.3 is 6.09 Å². The molecular formula is C21H33N3O4. The number of nitrogens with zero attached hydrogens (tertiary/aromatic N) is 1. The van der Waals surface area contributed by atoms with E-state index in [4.69, 9.17) is 9.47 Å². The van der Waals surface area contributed by atoms with Crippen molar-refractivity contribution in [2.24, 2.45) is 0 Å². The highest BCUT2D eigenvalue weighted by atomic mass is 16.5. The number of ether oxygens (including phenoxy) is 2. The fourth-order valence-electron chi connectivity index (χ4n) is 2.98. The molecule has 0 aromatic heterocycles. The van der Waals surface area contributed by atoms with E-state index in [1.807, 2.05) is 0 Å². The maximum atomic E-state index is 12.2. The highest BCUT2D eigenvalue weighted by Crippen LogP contribution is 2.10. The van der Waals surface area contributed by atoms with Crippen LogP contribution >= 0.6 is 0 Å². The molecule has 2 N–H and O–H groups in total. The lowest BCUT2D eigenvalue weighted by atomic mass is 10.2. The van der Waals surface area contributed by atoms with Gasteiger partial charge < -0.3 is 14.8 Å². The lowest BCUT2D eigenvalue weighted by molar-refractivity contribution is 0.0383. The standard InChI is InChI=1S/C21H33N3O4/c1-2-3-4-5-6-15-28-21(26)23-19-9-7-18(8-10-19)20(25)22-11-12-24-13-16-27-17-14-24/h7-10H,2-6,11-17H2,1H3,(H,22,25)(H,23,26). The van der Waals surface area contributed by atoms with E-state index in [9.17, 15) is 9.59 Å². The molecule has 28 heavy (non-hydrogen) atoms. The topological polar surface area (TPSA) is 79.9 Å². The molecule has 0 atom stereocenters. The van der Waals surface area contributed by atoms with Crippen LogP contribution in [-0.2, 0) is 9.47 Å². The Morgan fingerprint density at radius 3 is 2.50 bits per heavy atom. The predicted molar refractivity (Wildman–Crippen MR) is 110 cm³/mol. The molecule has 1 aromatic carbocycles. The molecule has 1 saturated heterocycles. The van der Waals surface area contributed by atoms with Crippen molar-refractivity contribution < 1.29 is 19.1 Å². The van der Waals surface area contributed by atoms with Gasteiger partial charge in [-0.1, -0.05) is 32.6 Å². The number of carbonyl (C=O) groups is 2. The lowest BCUT2D eigenvalue weighted by Gasteiger charge is -2.26. The minimum Gasteiger partial charge on any atom is -0.449 e. The molecule has 7 nitrogen and oxygen atoms in total. The van der Waals surface area contributed by atoms with Gasteiger partial charge in [0, 0.05) is 37.4 Å². The summed E-state index contributed by atoms with van der Waals surface area (Å²) in [5.74, 6) is -0.116. The summed E-state index contributed by atoms with van der Waals surface area (Å²) >= 11 is 0. The minimum atomic E-state index is -0.460. The van der Waals surface area contributed by atoms with Crippen LogP contribution in [0, 0.1) is 0 Å². The summed E-state index contributed by atoms with van der Waals surface area (Å²) < 4.78 is 10.5. The second-order valence-corrected chi connectivity index (χ2v) is 6.96. The molecule has 0 unspecified atom stereocenters. The number of unbranched alkanes of at least 4 members (excludes halogenated alkanes) is 4. The number of carbonyl (C=O) groups excluding carboxylic acids is 2. The van der Waals surface area contributed by atoms with Gasteiger partial charge in [-0.3, -0.25) is 15.0 Å². The normalized spacial score (nSPS) is 14.5. The van der Waals surface area contributed by atoms with Crippen molar-refractivity contribution in [1.29, 1.82) is 0 Å². The summed E-state index contributed by atoms with van der Waals surface area (Å²) in [5, 5.41) is 5.61. The summed E-state index contributed by atoms with van der Waals surface area (Å²) in [5.41, 5.74) is 1.18. The average molecular weight is 392 g/mol. The highest BCUT2D eigenvalue weighted by molar-refractivity contribution is 5.95. The maximum absolute atomic E-state index is 12.2. The van der Waals surface area contributed by atoms with Crippen molar-refractivity contribution >= 4 is 17.7 Å². The first-order valence-electron chi connectivity index (χ1n) is 10.3. The molecule has 2 rings (SSSR count). The third-order valence-corrected chi connectivity index (χ3v) is 4.69. The van der Waals surface area contributed by atoms with Crippen LogP contribution in [-0.4, -0.2) is 62.9 Å². The number of amides is 2. The minimum absolute atomic E-state index is 0.116. The molecule has 1 aliphatic rings. The van der Waals surface area contributed by atoms with E-state index in [0.717, 1.165) is 45.7 Å². The van der Waals surface area contributed by atoms with Crippen molar-refractivity contribution in [1.82, 2.24) is 10.2 Å². The SMILES string of the molecule is CCCCCCCOC(=O)Nc1ccc(C(=O)NCCN2CCOCC2)cc1. The van der Waals surface area contributed by atoms with E-state index >= 15 is 0 Å². The van der Waals surface area contributed by atoms with Gasteiger partial charge in [0.25, 0.3) is 5.91 Å². The van der Waals surface area contributed by atoms with E-state index < -0.39 is 6.09 Å². The quantitative estimate of drug-likeness (QED) is 0.566. The molecule has 7 heteroatoms. The van der Waals surface area contributed by atoms with Crippen LogP contribution in [0.5, 0.6) is 0 Å². The van der Waals surface area contributed by atoms with Gasteiger partial charge in [0.2, 0.25) is 0 Å². The van der Waals surface area contributed by atoms with Gasteiger partial charge in [-0.05, 0) is 30.7 Å². The predicted octanol–water partition coefficient (Wildman–Crippen LogP) is 3.27. The number of morpholine rings is 1. The molecule has 0 aliphatic carbocycles. The summed E-state index contributed by atoms with van der Waals surface area (Å²) in [6, 6.07) is 6.81. The van der Waals surface area contributed by atoms with Crippen molar-refractivity contribution in [3.63, 3.8) is 0 Å². The fourth-order valence-corrected chi connectivity index (χ4v) is 2.98. The number of hydrogen-bond donors (Lipinski definition) is 2. The number of benzene rings is 1. The van der Waals surface area contributed by atoms with E-state index in [0.29, 0.717) is 24.4 Å². The van der Waals surface area contributed by atoms with Crippen LogP contribution in [0.1, 0.15) is 49.4 Å². The zero-order valence-corrected chi connectivity index (χ0v) is 16.9. The fraction of sp³-hybridized carbons (Fsp3) is 0.619. The van der Waals surface area contributed by atoms with Crippen LogP contribution in [0.15, 0.2) is 24.3 Å². The molecule has 1 heterocycles. The van der Waals surface area contributed by atoms with Crippen LogP contribution in [0.4, 0.5) is 10.5 Å². The van der Waals surface area contributed by atoms with E-state index in [-0.39, 0.29) is 5.91 Å². The number of nitrogens with one attached hydrogen (secondary N) is 2. The lowest BCUT2D eigenvalue weighted by Crippen LogP contribution is -2.41. The van der Waals surface area contributed by atoms with Crippen LogP contribution < -0.4 is 10.6 Å². The van der Waals surface area contributed by atoms with Crippen LogP contribution in [0.25, 0.3) is 0 Å². The van der Waals surface area contributed by atoms with Gasteiger partial charge in [-0.15, -0.1) is 0 Å². The van der Waals surface area contributed by atoms with Gasteiger partial charge in [0.1, 0.15) is 0 Å². The third kappa shape index (κ3) is 8.71. The van der Waals surface area contributed by atoms with Crippen LogP contribution in [0.3, 0.4) is 0 Å². The molecule has 1 fully saturated rings. The Kier molecular flexibility index (Phi) is 10.4. The molecule has 0 radical (unpaired) electrons. The molecule has 156 valence electrons. The first-order chi connectivity index (χ1) is 13.7. The monoisotopic (exact) mass is 391 g/mol. The zero-order valence-electron chi connectivity index (χ0n) is 16.9. The van der Waals surface area contributed by atoms with Crippen molar-refractivity contribution in [3.05, 3.63) is 29.8 Å². The third-order valence-electron chi connectivity index (χ3n) is 4.69. The Morgan fingerprint density at radius 1 is 1.07 bits per heavy atom.